The number of halogens is 1. The van der Waals surface area contributed by atoms with E-state index in [0.717, 1.165) is 47.0 Å². The minimum atomic E-state index is -0.478. The van der Waals surface area contributed by atoms with Gasteiger partial charge in [-0.25, -0.2) is 4.79 Å². The Kier molecular flexibility index (Phi) is 5.34. The van der Waals surface area contributed by atoms with E-state index in [0.29, 0.717) is 19.6 Å². The highest BCUT2D eigenvalue weighted by atomic mass is 35.5. The number of fused-ring (bicyclic) bond motifs is 3. The van der Waals surface area contributed by atoms with Crippen molar-refractivity contribution in [2.75, 3.05) is 20.1 Å². The molecule has 0 saturated carbocycles. The average molecular weight is 418 g/mol. The van der Waals surface area contributed by atoms with E-state index in [1.165, 1.54) is 5.56 Å². The van der Waals surface area contributed by atoms with E-state index < -0.39 is 5.60 Å². The van der Waals surface area contributed by atoms with Crippen LogP contribution in [0.15, 0.2) is 22.7 Å². The number of ether oxygens (including phenoxy) is 1. The van der Waals surface area contributed by atoms with Crippen LogP contribution in [0, 0.1) is 0 Å². The van der Waals surface area contributed by atoms with Gasteiger partial charge in [-0.05, 0) is 63.9 Å². The fourth-order valence-corrected chi connectivity index (χ4v) is 4.40. The Balaban J connectivity index is 1.57. The van der Waals surface area contributed by atoms with Gasteiger partial charge in [-0.1, -0.05) is 22.8 Å². The number of likely N-dealkylation sites (tertiary alicyclic amines) is 1. The predicted octanol–water partition coefficient (Wildman–Crippen LogP) is 5.05. The first kappa shape index (κ1) is 20.2. The monoisotopic (exact) mass is 417 g/mol. The number of rotatable bonds is 1. The molecule has 1 amide bonds. The molecule has 3 heterocycles. The molecule has 2 aliphatic rings. The standard InChI is InChI=1S/C22H28ClN3O3/c1-22(2,3)28-21(27)26-9-7-14(8-10-26)20-19-17-6-5-16(23)11-15(17)12-25(4)13-18(19)29-24-20/h5-6,11,14H,7-10,12-13H2,1-4H3. The number of amides is 1. The summed E-state index contributed by atoms with van der Waals surface area (Å²) in [6, 6.07) is 6.04. The third kappa shape index (κ3) is 4.28. The molecular weight excluding hydrogens is 390 g/mol. The van der Waals surface area contributed by atoms with Gasteiger partial charge in [-0.2, -0.15) is 0 Å². The van der Waals surface area contributed by atoms with Gasteiger partial charge in [0.05, 0.1) is 12.2 Å². The Morgan fingerprint density at radius 3 is 2.66 bits per heavy atom. The van der Waals surface area contributed by atoms with E-state index in [2.05, 4.69) is 23.2 Å². The second-order valence-corrected chi connectivity index (χ2v) is 9.52. The number of carbonyl (C=O) groups excluding carboxylic acids is 1. The molecule has 6 nitrogen and oxygen atoms in total. The fraction of sp³-hybridized carbons (Fsp3) is 0.545. The maximum Gasteiger partial charge on any atom is 0.410 e. The minimum Gasteiger partial charge on any atom is -0.444 e. The quantitative estimate of drug-likeness (QED) is 0.649. The number of hydrogen-bond acceptors (Lipinski definition) is 5. The largest absolute Gasteiger partial charge is 0.444 e. The van der Waals surface area contributed by atoms with Crippen molar-refractivity contribution >= 4 is 17.7 Å². The molecule has 4 rings (SSSR count). The Labute approximate surface area is 176 Å². The van der Waals surface area contributed by atoms with E-state index in [4.69, 9.17) is 20.9 Å². The maximum atomic E-state index is 12.4. The van der Waals surface area contributed by atoms with Crippen LogP contribution in [0.2, 0.25) is 5.02 Å². The smallest absolute Gasteiger partial charge is 0.410 e. The van der Waals surface area contributed by atoms with Crippen LogP contribution in [0.5, 0.6) is 0 Å². The van der Waals surface area contributed by atoms with Crippen LogP contribution in [0.25, 0.3) is 11.1 Å². The summed E-state index contributed by atoms with van der Waals surface area (Å²) < 4.78 is 11.3. The van der Waals surface area contributed by atoms with Crippen LogP contribution in [0.3, 0.4) is 0 Å². The molecule has 0 unspecified atom stereocenters. The van der Waals surface area contributed by atoms with Crippen molar-refractivity contribution in [2.45, 2.75) is 58.2 Å². The lowest BCUT2D eigenvalue weighted by molar-refractivity contribution is 0.0203. The molecule has 1 fully saturated rings. The molecule has 2 aliphatic heterocycles. The molecule has 156 valence electrons. The highest BCUT2D eigenvalue weighted by Crippen LogP contribution is 2.41. The summed E-state index contributed by atoms with van der Waals surface area (Å²) >= 11 is 6.25. The van der Waals surface area contributed by atoms with Gasteiger partial charge in [0.15, 0.2) is 5.76 Å². The van der Waals surface area contributed by atoms with Crippen molar-refractivity contribution in [3.8, 4) is 11.1 Å². The normalized spacial score (nSPS) is 18.2. The minimum absolute atomic E-state index is 0.239. The predicted molar refractivity (Wildman–Crippen MR) is 112 cm³/mol. The van der Waals surface area contributed by atoms with Crippen molar-refractivity contribution in [3.63, 3.8) is 0 Å². The molecule has 1 aromatic heterocycles. The van der Waals surface area contributed by atoms with Gasteiger partial charge in [0.2, 0.25) is 0 Å². The molecule has 0 N–H and O–H groups in total. The van der Waals surface area contributed by atoms with Gasteiger partial charge in [-0.3, -0.25) is 4.90 Å². The molecule has 1 aromatic carbocycles. The van der Waals surface area contributed by atoms with E-state index in [9.17, 15) is 4.79 Å². The van der Waals surface area contributed by atoms with Gasteiger partial charge < -0.3 is 14.2 Å². The molecular formula is C22H28ClN3O3. The summed E-state index contributed by atoms with van der Waals surface area (Å²) in [6.07, 6.45) is 1.45. The van der Waals surface area contributed by atoms with Crippen LogP contribution >= 0.6 is 11.6 Å². The lowest BCUT2D eigenvalue weighted by atomic mass is 9.87. The number of benzene rings is 1. The van der Waals surface area contributed by atoms with Gasteiger partial charge in [0.25, 0.3) is 0 Å². The lowest BCUT2D eigenvalue weighted by Crippen LogP contribution is -2.41. The molecule has 0 bridgehead atoms. The highest BCUT2D eigenvalue weighted by Gasteiger charge is 2.33. The van der Waals surface area contributed by atoms with Gasteiger partial charge in [0, 0.05) is 36.1 Å². The lowest BCUT2D eigenvalue weighted by Gasteiger charge is -2.33. The SMILES string of the molecule is CN1Cc2cc(Cl)ccc2-c2c(C3CCN(C(=O)OC(C)(C)C)CC3)noc2C1. The first-order valence-corrected chi connectivity index (χ1v) is 10.5. The number of hydrogen-bond donors (Lipinski definition) is 0. The number of nitrogens with zero attached hydrogens (tertiary/aromatic N) is 3. The molecule has 0 atom stereocenters. The Bertz CT molecular complexity index is 911. The van der Waals surface area contributed by atoms with Crippen molar-refractivity contribution in [2.24, 2.45) is 0 Å². The van der Waals surface area contributed by atoms with Crippen LogP contribution in [-0.4, -0.2) is 46.8 Å². The van der Waals surface area contributed by atoms with Crippen LogP contribution in [-0.2, 0) is 17.8 Å². The third-order valence-electron chi connectivity index (χ3n) is 5.51. The summed E-state index contributed by atoms with van der Waals surface area (Å²) in [6.45, 7) is 8.53. The Morgan fingerprint density at radius 2 is 1.97 bits per heavy atom. The van der Waals surface area contributed by atoms with Crippen molar-refractivity contribution in [3.05, 3.63) is 40.2 Å². The second-order valence-electron chi connectivity index (χ2n) is 9.08. The first-order chi connectivity index (χ1) is 13.7. The average Bonchev–Trinajstić information content (AvgIpc) is 2.98. The molecule has 0 radical (unpaired) electrons. The van der Waals surface area contributed by atoms with Crippen LogP contribution in [0.4, 0.5) is 4.79 Å². The van der Waals surface area contributed by atoms with E-state index in [-0.39, 0.29) is 12.0 Å². The summed E-state index contributed by atoms with van der Waals surface area (Å²) in [5.74, 6) is 1.16. The summed E-state index contributed by atoms with van der Waals surface area (Å²) in [5, 5.41) is 5.22. The summed E-state index contributed by atoms with van der Waals surface area (Å²) in [4.78, 5) is 16.4. The van der Waals surface area contributed by atoms with Crippen molar-refractivity contribution in [1.29, 1.82) is 0 Å². The second kappa shape index (κ2) is 7.65. The van der Waals surface area contributed by atoms with Crippen molar-refractivity contribution < 1.29 is 14.1 Å². The third-order valence-corrected chi connectivity index (χ3v) is 5.75. The van der Waals surface area contributed by atoms with Crippen molar-refractivity contribution in [1.82, 2.24) is 15.0 Å². The summed E-state index contributed by atoms with van der Waals surface area (Å²) in [5.41, 5.74) is 3.97. The van der Waals surface area contributed by atoms with E-state index >= 15 is 0 Å². The van der Waals surface area contributed by atoms with E-state index in [1.54, 1.807) is 4.90 Å². The zero-order valence-electron chi connectivity index (χ0n) is 17.5. The van der Waals surface area contributed by atoms with Gasteiger partial charge in [0.1, 0.15) is 5.60 Å². The van der Waals surface area contributed by atoms with Crippen LogP contribution < -0.4 is 0 Å². The Hall–Kier alpha value is -2.05. The number of piperidine rings is 1. The highest BCUT2D eigenvalue weighted by molar-refractivity contribution is 6.30. The maximum absolute atomic E-state index is 12.4. The zero-order valence-corrected chi connectivity index (χ0v) is 18.3. The topological polar surface area (TPSA) is 58.8 Å². The van der Waals surface area contributed by atoms with Gasteiger partial charge >= 0.3 is 6.09 Å². The molecule has 0 spiro atoms. The molecule has 7 heteroatoms. The number of aromatic nitrogens is 1. The van der Waals surface area contributed by atoms with E-state index in [1.807, 2.05) is 32.9 Å². The van der Waals surface area contributed by atoms with Gasteiger partial charge in [-0.15, -0.1) is 0 Å². The fourth-order valence-electron chi connectivity index (χ4n) is 4.20. The molecule has 29 heavy (non-hydrogen) atoms. The molecule has 0 aliphatic carbocycles. The summed E-state index contributed by atoms with van der Waals surface area (Å²) in [7, 11) is 2.07. The Morgan fingerprint density at radius 1 is 1.24 bits per heavy atom. The molecule has 1 saturated heterocycles. The zero-order chi connectivity index (χ0) is 20.8. The number of carbonyl (C=O) groups is 1. The first-order valence-electron chi connectivity index (χ1n) is 10.1. The van der Waals surface area contributed by atoms with Crippen LogP contribution in [0.1, 0.15) is 56.5 Å². The molecule has 2 aromatic rings.